The highest BCUT2D eigenvalue weighted by molar-refractivity contribution is 7.14. The van der Waals surface area contributed by atoms with Crippen LogP contribution in [0, 0.1) is 6.92 Å². The molecule has 2 heterocycles. The van der Waals surface area contributed by atoms with E-state index in [0.717, 1.165) is 36.7 Å². The van der Waals surface area contributed by atoms with Gasteiger partial charge in [-0.2, -0.15) is 0 Å². The summed E-state index contributed by atoms with van der Waals surface area (Å²) in [4.78, 5) is 14.3. The summed E-state index contributed by atoms with van der Waals surface area (Å²) in [6.07, 6.45) is 0. The summed E-state index contributed by atoms with van der Waals surface area (Å²) in [7, 11) is 0. The molecule has 0 saturated carbocycles. The van der Waals surface area contributed by atoms with E-state index in [4.69, 9.17) is 0 Å². The first-order chi connectivity index (χ1) is 8.18. The molecule has 1 unspecified atom stereocenters. The lowest BCUT2D eigenvalue weighted by molar-refractivity contribution is -0.120. The van der Waals surface area contributed by atoms with Crippen molar-refractivity contribution >= 4 is 22.2 Å². The summed E-state index contributed by atoms with van der Waals surface area (Å²) in [6.45, 7) is 7.81. The summed E-state index contributed by atoms with van der Waals surface area (Å²) in [6, 6.07) is 1.97. The number of hydrogen-bond donors (Lipinski definition) is 2. The van der Waals surface area contributed by atoms with Crippen molar-refractivity contribution in [1.29, 1.82) is 0 Å². The first-order valence-corrected chi connectivity index (χ1v) is 6.86. The van der Waals surface area contributed by atoms with Gasteiger partial charge in [0.15, 0.2) is 0 Å². The number of nitrogens with one attached hydrogen (secondary N) is 2. The van der Waals surface area contributed by atoms with Crippen LogP contribution in [0.1, 0.15) is 12.5 Å². The highest BCUT2D eigenvalue weighted by atomic mass is 32.1. The van der Waals surface area contributed by atoms with E-state index < -0.39 is 0 Å². The third-order valence-electron chi connectivity index (χ3n) is 3.18. The number of piperazine rings is 1. The monoisotopic (exact) mass is 253 g/mol. The third kappa shape index (κ3) is 3.06. The first-order valence-electron chi connectivity index (χ1n) is 5.98. The Morgan fingerprint density at radius 1 is 1.53 bits per heavy atom. The fourth-order valence-electron chi connectivity index (χ4n) is 1.95. The van der Waals surface area contributed by atoms with Crippen LogP contribution < -0.4 is 10.6 Å². The second kappa shape index (κ2) is 5.62. The van der Waals surface area contributed by atoms with Crippen molar-refractivity contribution in [3.05, 3.63) is 17.0 Å². The molecule has 1 fully saturated rings. The van der Waals surface area contributed by atoms with Gasteiger partial charge in [-0.3, -0.25) is 9.69 Å². The molecule has 1 aliphatic rings. The minimum atomic E-state index is -0.0569. The molecule has 94 valence electrons. The van der Waals surface area contributed by atoms with Crippen molar-refractivity contribution in [1.82, 2.24) is 10.2 Å². The second-order valence-corrected chi connectivity index (χ2v) is 5.30. The van der Waals surface area contributed by atoms with Crippen molar-refractivity contribution in [2.75, 3.05) is 31.5 Å². The summed E-state index contributed by atoms with van der Waals surface area (Å²) in [5.74, 6) is 0.0949. The van der Waals surface area contributed by atoms with E-state index >= 15 is 0 Å². The van der Waals surface area contributed by atoms with Gasteiger partial charge in [-0.05, 0) is 30.9 Å². The molecule has 0 aliphatic carbocycles. The Morgan fingerprint density at radius 2 is 2.24 bits per heavy atom. The summed E-state index contributed by atoms with van der Waals surface area (Å²) < 4.78 is 0. The number of carbonyl (C=O) groups is 1. The van der Waals surface area contributed by atoms with Crippen molar-refractivity contribution in [3.8, 4) is 0 Å². The molecule has 1 amide bonds. The van der Waals surface area contributed by atoms with E-state index in [9.17, 15) is 4.79 Å². The minimum Gasteiger partial charge on any atom is -0.316 e. The molecule has 17 heavy (non-hydrogen) atoms. The van der Waals surface area contributed by atoms with Gasteiger partial charge in [-0.25, -0.2) is 0 Å². The van der Waals surface area contributed by atoms with Gasteiger partial charge in [0.2, 0.25) is 5.91 Å². The largest absolute Gasteiger partial charge is 0.316 e. The molecule has 0 aromatic carbocycles. The van der Waals surface area contributed by atoms with Gasteiger partial charge in [0, 0.05) is 26.2 Å². The van der Waals surface area contributed by atoms with Crippen LogP contribution in [0.15, 0.2) is 11.4 Å². The van der Waals surface area contributed by atoms with Gasteiger partial charge >= 0.3 is 0 Å². The minimum absolute atomic E-state index is 0.0569. The number of thiophene rings is 1. The number of aryl methyl sites for hydroxylation is 1. The average Bonchev–Trinajstić information content (AvgIpc) is 2.75. The molecule has 0 spiro atoms. The lowest BCUT2D eigenvalue weighted by Gasteiger charge is -2.31. The van der Waals surface area contributed by atoms with Crippen LogP contribution in [0.2, 0.25) is 0 Å². The van der Waals surface area contributed by atoms with Crippen LogP contribution >= 0.6 is 11.3 Å². The van der Waals surface area contributed by atoms with Gasteiger partial charge in [-0.15, -0.1) is 11.3 Å². The molecule has 1 atom stereocenters. The maximum absolute atomic E-state index is 12.1. The van der Waals surface area contributed by atoms with E-state index in [1.807, 2.05) is 25.3 Å². The van der Waals surface area contributed by atoms with Crippen LogP contribution in [0.3, 0.4) is 0 Å². The van der Waals surface area contributed by atoms with Crippen LogP contribution in [0.25, 0.3) is 0 Å². The molecule has 2 N–H and O–H groups in total. The van der Waals surface area contributed by atoms with Crippen molar-refractivity contribution < 1.29 is 4.79 Å². The van der Waals surface area contributed by atoms with E-state index in [2.05, 4.69) is 15.5 Å². The van der Waals surface area contributed by atoms with Crippen LogP contribution in [0.4, 0.5) is 5.00 Å². The molecule has 0 bridgehead atoms. The number of rotatable bonds is 3. The highest BCUT2D eigenvalue weighted by Gasteiger charge is 2.23. The average molecular weight is 253 g/mol. The van der Waals surface area contributed by atoms with Gasteiger partial charge < -0.3 is 10.6 Å². The molecule has 1 aromatic rings. The maximum Gasteiger partial charge on any atom is 0.242 e. The standard InChI is InChI=1S/C12H19N3OS/c1-9-3-8-17-12(9)14-11(16)10(2)15-6-4-13-5-7-15/h3,8,10,13H,4-7H2,1-2H3,(H,14,16). The molecule has 0 radical (unpaired) electrons. The molecular weight excluding hydrogens is 234 g/mol. The van der Waals surface area contributed by atoms with E-state index in [1.165, 1.54) is 0 Å². The van der Waals surface area contributed by atoms with Crippen molar-refractivity contribution in [3.63, 3.8) is 0 Å². The number of nitrogens with zero attached hydrogens (tertiary/aromatic N) is 1. The molecule has 1 saturated heterocycles. The summed E-state index contributed by atoms with van der Waals surface area (Å²) >= 11 is 1.58. The van der Waals surface area contributed by atoms with Crippen molar-refractivity contribution in [2.24, 2.45) is 0 Å². The lowest BCUT2D eigenvalue weighted by atomic mass is 10.2. The molecule has 5 heteroatoms. The number of anilines is 1. The van der Waals surface area contributed by atoms with Crippen molar-refractivity contribution in [2.45, 2.75) is 19.9 Å². The Hall–Kier alpha value is -0.910. The van der Waals surface area contributed by atoms with Gasteiger partial charge in [-0.1, -0.05) is 0 Å². The fourth-order valence-corrected chi connectivity index (χ4v) is 2.77. The third-order valence-corrected chi connectivity index (χ3v) is 4.11. The fraction of sp³-hybridized carbons (Fsp3) is 0.583. The van der Waals surface area contributed by atoms with E-state index in [1.54, 1.807) is 11.3 Å². The number of hydrogen-bond acceptors (Lipinski definition) is 4. The lowest BCUT2D eigenvalue weighted by Crippen LogP contribution is -2.51. The van der Waals surface area contributed by atoms with Gasteiger partial charge in [0.05, 0.1) is 11.0 Å². The van der Waals surface area contributed by atoms with E-state index in [0.29, 0.717) is 0 Å². The normalized spacial score (nSPS) is 18.9. The predicted octanol–water partition coefficient (Wildman–Crippen LogP) is 1.29. The number of carbonyl (C=O) groups excluding carboxylic acids is 1. The first kappa shape index (κ1) is 12.5. The highest BCUT2D eigenvalue weighted by Crippen LogP contribution is 2.22. The Bertz CT molecular complexity index is 385. The molecule has 1 aliphatic heterocycles. The Labute approximate surface area is 106 Å². The Morgan fingerprint density at radius 3 is 2.82 bits per heavy atom. The molecule has 4 nitrogen and oxygen atoms in total. The quantitative estimate of drug-likeness (QED) is 0.853. The van der Waals surface area contributed by atoms with Crippen LogP contribution in [0.5, 0.6) is 0 Å². The zero-order chi connectivity index (χ0) is 12.3. The molecule has 2 rings (SSSR count). The molecule has 1 aromatic heterocycles. The summed E-state index contributed by atoms with van der Waals surface area (Å²) in [5, 5.41) is 9.27. The smallest absolute Gasteiger partial charge is 0.242 e. The van der Waals surface area contributed by atoms with Gasteiger partial charge in [0.25, 0.3) is 0 Å². The van der Waals surface area contributed by atoms with Gasteiger partial charge in [0.1, 0.15) is 0 Å². The number of amides is 1. The van der Waals surface area contributed by atoms with Crippen LogP contribution in [-0.2, 0) is 4.79 Å². The zero-order valence-electron chi connectivity index (χ0n) is 10.3. The Balaban J connectivity index is 1.93. The van der Waals surface area contributed by atoms with E-state index in [-0.39, 0.29) is 11.9 Å². The maximum atomic E-state index is 12.1. The topological polar surface area (TPSA) is 44.4 Å². The molecular formula is C12H19N3OS. The predicted molar refractivity (Wildman–Crippen MR) is 71.6 cm³/mol. The Kier molecular flexibility index (Phi) is 4.15. The summed E-state index contributed by atoms with van der Waals surface area (Å²) in [5.41, 5.74) is 1.14. The second-order valence-electron chi connectivity index (χ2n) is 4.38. The zero-order valence-corrected chi connectivity index (χ0v) is 11.1. The SMILES string of the molecule is Cc1ccsc1NC(=O)C(C)N1CCNCC1. The van der Waals surface area contributed by atoms with Crippen LogP contribution in [-0.4, -0.2) is 43.0 Å².